The molecule has 0 fully saturated rings. The van der Waals surface area contributed by atoms with E-state index in [-0.39, 0.29) is 21.6 Å². The van der Waals surface area contributed by atoms with Gasteiger partial charge in [-0.15, -0.1) is 0 Å². The molecule has 4 heteroatoms. The van der Waals surface area contributed by atoms with Crippen LogP contribution in [0.25, 0.3) is 0 Å². The van der Waals surface area contributed by atoms with Gasteiger partial charge < -0.3 is 0 Å². The predicted octanol–water partition coefficient (Wildman–Crippen LogP) is 0.480. The van der Waals surface area contributed by atoms with Crippen LogP contribution < -0.4 is 4.74 Å². The monoisotopic (exact) mass is 286 g/mol. The molecule has 0 amide bonds. The summed E-state index contributed by atoms with van der Waals surface area (Å²) in [6.45, 7) is -0.189. The third-order valence-electron chi connectivity index (χ3n) is 1.84. The van der Waals surface area contributed by atoms with Crippen molar-refractivity contribution in [1.82, 2.24) is 0 Å². The zero-order chi connectivity index (χ0) is 11.8. The topological polar surface area (TPSA) is 49.7 Å². The molecular weight excluding hydrogens is 271 g/mol. The molecule has 1 rings (SSSR count). The van der Waals surface area contributed by atoms with Crippen LogP contribution in [0.3, 0.4) is 0 Å². The first kappa shape index (κ1) is 13.1. The Hall–Kier alpha value is -0.981. The van der Waals surface area contributed by atoms with Crippen molar-refractivity contribution in [2.75, 3.05) is 13.7 Å². The molecule has 1 aromatic carbocycles. The molecule has 1 aromatic rings. The molecule has 0 radical (unpaired) electrons. The molecular formula is C12H14O3Se. The molecule has 0 aliphatic carbocycles. The second kappa shape index (κ2) is 7.32. The number of hydrogen-bond donors (Lipinski definition) is 2. The van der Waals surface area contributed by atoms with Gasteiger partial charge in [0.15, 0.2) is 0 Å². The van der Waals surface area contributed by atoms with Crippen LogP contribution in [-0.4, -0.2) is 45.0 Å². The molecule has 86 valence electrons. The quantitative estimate of drug-likeness (QED) is 0.625. The van der Waals surface area contributed by atoms with Crippen molar-refractivity contribution in [2.45, 2.75) is 11.4 Å². The van der Waals surface area contributed by atoms with Gasteiger partial charge >= 0.3 is 101 Å². The zero-order valence-corrected chi connectivity index (χ0v) is 10.7. The molecule has 1 atom stereocenters. The Balaban J connectivity index is 2.44. The van der Waals surface area contributed by atoms with Crippen LogP contribution in [0, 0.1) is 10.7 Å². The van der Waals surface area contributed by atoms with E-state index in [1.165, 1.54) is 0 Å². The summed E-state index contributed by atoms with van der Waals surface area (Å²) in [6.07, 6.45) is -0.634. The summed E-state index contributed by atoms with van der Waals surface area (Å²) in [4.78, 5) is 3.00. The fourth-order valence-corrected chi connectivity index (χ4v) is 2.16. The maximum absolute atomic E-state index is 9.10. The Morgan fingerprint density at radius 2 is 2.06 bits per heavy atom. The number of aliphatic hydroxyl groups is 2. The van der Waals surface area contributed by atoms with Crippen molar-refractivity contribution in [3.8, 4) is 16.5 Å². The van der Waals surface area contributed by atoms with Gasteiger partial charge in [0, 0.05) is 0 Å². The van der Waals surface area contributed by atoms with E-state index in [1.807, 2.05) is 24.3 Å². The normalized spacial score (nSPS) is 11.4. The van der Waals surface area contributed by atoms with Gasteiger partial charge in [0.2, 0.25) is 0 Å². The fraction of sp³-hybridized carbons (Fsp3) is 0.333. The summed E-state index contributed by atoms with van der Waals surface area (Å²) in [7, 11) is 1.63. The van der Waals surface area contributed by atoms with E-state index in [1.54, 1.807) is 7.11 Å². The van der Waals surface area contributed by atoms with Crippen LogP contribution in [0.15, 0.2) is 24.3 Å². The van der Waals surface area contributed by atoms with Crippen LogP contribution >= 0.6 is 0 Å². The van der Waals surface area contributed by atoms with Crippen LogP contribution in [0.1, 0.15) is 5.56 Å². The van der Waals surface area contributed by atoms with Gasteiger partial charge in [-0.3, -0.25) is 0 Å². The Labute approximate surface area is 102 Å². The van der Waals surface area contributed by atoms with E-state index in [0.717, 1.165) is 11.3 Å². The number of hydrogen-bond acceptors (Lipinski definition) is 3. The van der Waals surface area contributed by atoms with Crippen LogP contribution in [0.5, 0.6) is 5.75 Å². The summed E-state index contributed by atoms with van der Waals surface area (Å²) >= 11 is 0.0437. The second-order valence-corrected chi connectivity index (χ2v) is 4.84. The summed E-state index contributed by atoms with van der Waals surface area (Å²) in [5.41, 5.74) is 0.932. The standard InChI is InChI=1S/C12H14O3Se/c1-15-12-4-2-10(3-5-12)6-7-16-9-11(14)8-13/h2-5,11,13-14H,8-9H2,1H3. The van der Waals surface area contributed by atoms with Gasteiger partial charge in [-0.1, -0.05) is 0 Å². The molecule has 0 aliphatic rings. The third kappa shape index (κ3) is 4.69. The number of methoxy groups -OCH3 is 1. The Morgan fingerprint density at radius 1 is 1.38 bits per heavy atom. The third-order valence-corrected chi connectivity index (χ3v) is 3.52. The predicted molar refractivity (Wildman–Crippen MR) is 63.5 cm³/mol. The van der Waals surface area contributed by atoms with Crippen molar-refractivity contribution < 1.29 is 14.9 Å². The first-order valence-electron chi connectivity index (χ1n) is 4.82. The molecule has 2 N–H and O–H groups in total. The van der Waals surface area contributed by atoms with Crippen molar-refractivity contribution in [1.29, 1.82) is 0 Å². The first-order valence-corrected chi connectivity index (χ1v) is 6.89. The van der Waals surface area contributed by atoms with E-state index < -0.39 is 6.10 Å². The summed E-state index contributed by atoms with van der Waals surface area (Å²) < 4.78 is 5.04. The number of ether oxygens (including phenoxy) is 1. The van der Waals surface area contributed by atoms with Gasteiger partial charge in [-0.05, 0) is 0 Å². The average Bonchev–Trinajstić information content (AvgIpc) is 2.35. The van der Waals surface area contributed by atoms with Gasteiger partial charge in [-0.2, -0.15) is 0 Å². The van der Waals surface area contributed by atoms with Crippen LogP contribution in [0.4, 0.5) is 0 Å². The van der Waals surface area contributed by atoms with E-state index in [0.29, 0.717) is 5.32 Å². The van der Waals surface area contributed by atoms with E-state index in [2.05, 4.69) is 10.7 Å². The minimum absolute atomic E-state index is 0.0437. The van der Waals surface area contributed by atoms with Gasteiger partial charge in [-0.25, -0.2) is 0 Å². The maximum atomic E-state index is 9.10. The molecule has 16 heavy (non-hydrogen) atoms. The Kier molecular flexibility index (Phi) is 5.99. The number of aliphatic hydroxyl groups excluding tert-OH is 2. The van der Waals surface area contributed by atoms with E-state index >= 15 is 0 Å². The number of rotatable bonds is 4. The molecule has 0 spiro atoms. The Morgan fingerprint density at radius 3 is 2.62 bits per heavy atom. The van der Waals surface area contributed by atoms with Crippen molar-refractivity contribution in [2.24, 2.45) is 0 Å². The molecule has 0 aromatic heterocycles. The first-order chi connectivity index (χ1) is 7.76. The van der Waals surface area contributed by atoms with Crippen molar-refractivity contribution in [3.05, 3.63) is 29.8 Å². The molecule has 0 saturated heterocycles. The molecule has 0 bridgehead atoms. The van der Waals surface area contributed by atoms with Crippen LogP contribution in [-0.2, 0) is 0 Å². The van der Waals surface area contributed by atoms with Gasteiger partial charge in [0.25, 0.3) is 0 Å². The molecule has 0 heterocycles. The van der Waals surface area contributed by atoms with Gasteiger partial charge in [0.1, 0.15) is 0 Å². The van der Waals surface area contributed by atoms with Crippen molar-refractivity contribution in [3.63, 3.8) is 0 Å². The van der Waals surface area contributed by atoms with E-state index in [4.69, 9.17) is 14.9 Å². The second-order valence-electron chi connectivity index (χ2n) is 3.10. The molecule has 1 unspecified atom stereocenters. The molecule has 3 nitrogen and oxygen atoms in total. The Bertz CT molecular complexity index is 364. The zero-order valence-electron chi connectivity index (χ0n) is 9.01. The minimum atomic E-state index is -0.634. The summed E-state index contributed by atoms with van der Waals surface area (Å²) in [5.74, 6) is 3.82. The SMILES string of the molecule is COc1ccc(C#C[Se]CC(O)CO)cc1. The molecule has 0 aliphatic heterocycles. The van der Waals surface area contributed by atoms with Gasteiger partial charge in [0.05, 0.1) is 0 Å². The molecule has 0 saturated carbocycles. The van der Waals surface area contributed by atoms with Crippen LogP contribution in [0.2, 0.25) is 5.32 Å². The van der Waals surface area contributed by atoms with Crippen molar-refractivity contribution >= 4 is 15.0 Å². The summed E-state index contributed by atoms with van der Waals surface area (Å²) in [5, 5.41) is 18.3. The fourth-order valence-electron chi connectivity index (χ4n) is 0.960. The number of benzene rings is 1. The summed E-state index contributed by atoms with van der Waals surface area (Å²) in [6, 6.07) is 7.51. The average molecular weight is 285 g/mol. The van der Waals surface area contributed by atoms with E-state index in [9.17, 15) is 0 Å².